The Bertz CT molecular complexity index is 779. The van der Waals surface area contributed by atoms with Crippen molar-refractivity contribution < 1.29 is 9.18 Å². The zero-order valence-electron chi connectivity index (χ0n) is 15.3. The molecule has 1 fully saturated rings. The molecule has 1 aliphatic rings. The second-order valence-electron chi connectivity index (χ2n) is 7.74. The van der Waals surface area contributed by atoms with E-state index in [0.29, 0.717) is 0 Å². The smallest absolute Gasteiger partial charge is 0.227 e. The van der Waals surface area contributed by atoms with Crippen molar-refractivity contribution in [2.75, 3.05) is 25.0 Å². The summed E-state index contributed by atoms with van der Waals surface area (Å²) < 4.78 is 13.6. The van der Waals surface area contributed by atoms with Gasteiger partial charge in [0, 0.05) is 37.0 Å². The Morgan fingerprint density at radius 3 is 2.56 bits per heavy atom. The van der Waals surface area contributed by atoms with Gasteiger partial charge in [-0.2, -0.15) is 0 Å². The highest BCUT2D eigenvalue weighted by atomic mass is 19.1. The molecule has 0 N–H and O–H groups in total. The van der Waals surface area contributed by atoms with Crippen LogP contribution in [0.25, 0.3) is 10.9 Å². The van der Waals surface area contributed by atoms with Crippen molar-refractivity contribution in [1.29, 1.82) is 0 Å². The predicted molar refractivity (Wildman–Crippen MR) is 97.0 cm³/mol. The minimum atomic E-state index is -0.369. The van der Waals surface area contributed by atoms with E-state index in [-0.39, 0.29) is 23.2 Å². The third-order valence-corrected chi connectivity index (χ3v) is 4.85. The van der Waals surface area contributed by atoms with Crippen LogP contribution >= 0.6 is 0 Å². The van der Waals surface area contributed by atoms with Gasteiger partial charge in [0.15, 0.2) is 0 Å². The lowest BCUT2D eigenvalue weighted by molar-refractivity contribution is -0.140. The van der Waals surface area contributed by atoms with Crippen molar-refractivity contribution in [3.63, 3.8) is 0 Å². The Balaban J connectivity index is 1.75. The van der Waals surface area contributed by atoms with E-state index in [4.69, 9.17) is 0 Å². The molecule has 3 rings (SSSR count). The fourth-order valence-corrected chi connectivity index (χ4v) is 3.43. The second-order valence-corrected chi connectivity index (χ2v) is 7.74. The number of piperidine rings is 1. The van der Waals surface area contributed by atoms with Gasteiger partial charge in [-0.05, 0) is 31.0 Å². The van der Waals surface area contributed by atoms with Gasteiger partial charge in [-0.15, -0.1) is 0 Å². The van der Waals surface area contributed by atoms with Gasteiger partial charge in [0.05, 0.1) is 5.52 Å². The molecule has 25 heavy (non-hydrogen) atoms. The van der Waals surface area contributed by atoms with Crippen molar-refractivity contribution >= 4 is 22.6 Å². The monoisotopic (exact) mass is 344 g/mol. The number of carbonyl (C=O) groups is 1. The number of fused-ring (bicyclic) bond motifs is 1. The van der Waals surface area contributed by atoms with Crippen molar-refractivity contribution in [3.05, 3.63) is 30.3 Å². The molecule has 0 spiro atoms. The van der Waals surface area contributed by atoms with E-state index >= 15 is 0 Å². The second kappa shape index (κ2) is 6.58. The molecule has 5 nitrogen and oxygen atoms in total. The van der Waals surface area contributed by atoms with Gasteiger partial charge in [-0.3, -0.25) is 4.79 Å². The van der Waals surface area contributed by atoms with Crippen LogP contribution in [0.4, 0.5) is 10.2 Å². The quantitative estimate of drug-likeness (QED) is 0.839. The summed E-state index contributed by atoms with van der Waals surface area (Å²) in [7, 11) is 1.89. The summed E-state index contributed by atoms with van der Waals surface area (Å²) in [6, 6.07) is 4.82. The minimum absolute atomic E-state index is 0.167. The molecule has 1 saturated heterocycles. The average molecular weight is 344 g/mol. The Labute approximate surface area is 147 Å². The third-order valence-electron chi connectivity index (χ3n) is 4.85. The first kappa shape index (κ1) is 17.6. The summed E-state index contributed by atoms with van der Waals surface area (Å²) in [5.74, 6) is 0.655. The van der Waals surface area contributed by atoms with Gasteiger partial charge in [0.2, 0.25) is 5.91 Å². The molecule has 6 heteroatoms. The molecule has 0 bridgehead atoms. The lowest BCUT2D eigenvalue weighted by Gasteiger charge is -2.39. The van der Waals surface area contributed by atoms with Crippen LogP contribution in [0.15, 0.2) is 24.5 Å². The van der Waals surface area contributed by atoms with Crippen molar-refractivity contribution in [2.45, 2.75) is 39.7 Å². The maximum Gasteiger partial charge on any atom is 0.227 e. The number of nitrogens with zero attached hydrogens (tertiary/aromatic N) is 4. The van der Waals surface area contributed by atoms with Crippen LogP contribution < -0.4 is 4.90 Å². The third kappa shape index (κ3) is 3.57. The molecule has 1 aliphatic heterocycles. The van der Waals surface area contributed by atoms with Gasteiger partial charge in [-0.25, -0.2) is 14.4 Å². The lowest BCUT2D eigenvalue weighted by atomic mass is 9.92. The number of halogens is 1. The molecule has 0 radical (unpaired) electrons. The van der Waals surface area contributed by atoms with Gasteiger partial charge < -0.3 is 9.80 Å². The first-order valence-corrected chi connectivity index (χ1v) is 8.70. The largest absolute Gasteiger partial charge is 0.356 e. The van der Waals surface area contributed by atoms with Crippen LogP contribution in [0.2, 0.25) is 0 Å². The van der Waals surface area contributed by atoms with Crippen LogP contribution in [0, 0.1) is 11.2 Å². The molecule has 2 aromatic rings. The zero-order valence-corrected chi connectivity index (χ0v) is 15.3. The molecule has 0 atom stereocenters. The SMILES string of the molecule is CN(C(=O)C(C)(C)C)C1CCN(c2ncnc3ccc(F)cc23)CC1. The fourth-order valence-electron chi connectivity index (χ4n) is 3.43. The molecule has 1 amide bonds. The molecule has 0 aliphatic carbocycles. The molecule has 0 saturated carbocycles. The first-order chi connectivity index (χ1) is 11.8. The van der Waals surface area contributed by atoms with E-state index in [1.807, 2.05) is 32.7 Å². The summed E-state index contributed by atoms with van der Waals surface area (Å²) in [6.07, 6.45) is 3.27. The van der Waals surface area contributed by atoms with Gasteiger partial charge in [0.1, 0.15) is 18.0 Å². The normalized spacial score (nSPS) is 16.3. The molecule has 1 aromatic heterocycles. The Kier molecular flexibility index (Phi) is 4.62. The summed E-state index contributed by atoms with van der Waals surface area (Å²) in [5, 5.41) is 0.736. The van der Waals surface area contributed by atoms with Crippen LogP contribution in [0.5, 0.6) is 0 Å². The Morgan fingerprint density at radius 2 is 1.92 bits per heavy atom. The van der Waals surface area contributed by atoms with Crippen LogP contribution in [-0.2, 0) is 4.79 Å². The summed E-state index contributed by atoms with van der Waals surface area (Å²) in [5.41, 5.74) is 0.375. The molecular formula is C19H25FN4O. The van der Waals surface area contributed by atoms with E-state index in [1.54, 1.807) is 6.07 Å². The summed E-state index contributed by atoms with van der Waals surface area (Å²) in [4.78, 5) is 25.1. The highest BCUT2D eigenvalue weighted by Gasteiger charge is 2.32. The number of hydrogen-bond acceptors (Lipinski definition) is 4. The van der Waals surface area contributed by atoms with Crippen molar-refractivity contribution in [1.82, 2.24) is 14.9 Å². The van der Waals surface area contributed by atoms with Crippen LogP contribution in [-0.4, -0.2) is 47.0 Å². The maximum atomic E-state index is 13.6. The predicted octanol–water partition coefficient (Wildman–Crippen LogP) is 3.24. The number of anilines is 1. The van der Waals surface area contributed by atoms with E-state index in [9.17, 15) is 9.18 Å². The average Bonchev–Trinajstić information content (AvgIpc) is 2.59. The standard InChI is InChI=1S/C19H25FN4O/c1-19(2,3)18(25)23(4)14-7-9-24(10-8-14)17-15-11-13(20)5-6-16(15)21-12-22-17/h5-6,11-12,14H,7-10H2,1-4H3. The van der Waals surface area contributed by atoms with Crippen LogP contribution in [0.1, 0.15) is 33.6 Å². The number of amides is 1. The van der Waals surface area contributed by atoms with Gasteiger partial charge in [0.25, 0.3) is 0 Å². The van der Waals surface area contributed by atoms with Crippen molar-refractivity contribution in [2.24, 2.45) is 5.41 Å². The molecule has 1 aromatic carbocycles. The van der Waals surface area contributed by atoms with Crippen LogP contribution in [0.3, 0.4) is 0 Å². The van der Waals surface area contributed by atoms with E-state index in [2.05, 4.69) is 14.9 Å². The molecule has 134 valence electrons. The first-order valence-electron chi connectivity index (χ1n) is 8.70. The molecular weight excluding hydrogens is 319 g/mol. The molecule has 2 heterocycles. The maximum absolute atomic E-state index is 13.6. The number of rotatable bonds is 2. The number of hydrogen-bond donors (Lipinski definition) is 0. The highest BCUT2D eigenvalue weighted by Crippen LogP contribution is 2.28. The number of benzene rings is 1. The number of aromatic nitrogens is 2. The van der Waals surface area contributed by atoms with E-state index in [1.165, 1.54) is 18.5 Å². The zero-order chi connectivity index (χ0) is 18.2. The van der Waals surface area contributed by atoms with Crippen molar-refractivity contribution in [3.8, 4) is 0 Å². The van der Waals surface area contributed by atoms with Gasteiger partial charge in [-0.1, -0.05) is 20.8 Å². The topological polar surface area (TPSA) is 49.3 Å². The lowest BCUT2D eigenvalue weighted by Crippen LogP contribution is -2.48. The summed E-state index contributed by atoms with van der Waals surface area (Å²) >= 11 is 0. The van der Waals surface area contributed by atoms with E-state index < -0.39 is 0 Å². The minimum Gasteiger partial charge on any atom is -0.356 e. The van der Waals surface area contributed by atoms with Gasteiger partial charge >= 0.3 is 0 Å². The fraction of sp³-hybridized carbons (Fsp3) is 0.526. The Hall–Kier alpha value is -2.24. The molecule has 0 unspecified atom stereocenters. The highest BCUT2D eigenvalue weighted by molar-refractivity contribution is 5.89. The summed E-state index contributed by atoms with van der Waals surface area (Å²) in [6.45, 7) is 7.41. The number of carbonyl (C=O) groups excluding carboxylic acids is 1. The van der Waals surface area contributed by atoms with E-state index in [0.717, 1.165) is 42.7 Å². The Morgan fingerprint density at radius 1 is 1.24 bits per heavy atom.